The van der Waals surface area contributed by atoms with Crippen molar-refractivity contribution in [2.45, 2.75) is 19.1 Å². The SMILES string of the molecule is CC1C=C(C(O)c2ccccc2)C(=O)O1. The number of benzene rings is 1. The number of cyclic esters (lactones) is 1. The Labute approximate surface area is 88.0 Å². The Balaban J connectivity index is 2.26. The van der Waals surface area contributed by atoms with Crippen LogP contribution in [-0.2, 0) is 9.53 Å². The van der Waals surface area contributed by atoms with Gasteiger partial charge in [0, 0.05) is 0 Å². The van der Waals surface area contributed by atoms with Crippen molar-refractivity contribution in [3.63, 3.8) is 0 Å². The molecule has 2 unspecified atom stereocenters. The summed E-state index contributed by atoms with van der Waals surface area (Å²) in [7, 11) is 0. The zero-order valence-electron chi connectivity index (χ0n) is 8.38. The predicted octanol–water partition coefficient (Wildman–Crippen LogP) is 1.59. The number of esters is 1. The first-order valence-corrected chi connectivity index (χ1v) is 4.84. The number of aliphatic hydroxyl groups excluding tert-OH is 1. The number of rotatable bonds is 2. The van der Waals surface area contributed by atoms with Crippen molar-refractivity contribution in [1.29, 1.82) is 0 Å². The van der Waals surface area contributed by atoms with Gasteiger partial charge in [-0.15, -0.1) is 0 Å². The van der Waals surface area contributed by atoms with Crippen LogP contribution < -0.4 is 0 Å². The molecular formula is C12H12O3. The molecule has 2 rings (SSSR count). The van der Waals surface area contributed by atoms with E-state index in [-0.39, 0.29) is 6.10 Å². The van der Waals surface area contributed by atoms with Crippen LogP contribution in [0.3, 0.4) is 0 Å². The molecule has 15 heavy (non-hydrogen) atoms. The number of hydrogen-bond acceptors (Lipinski definition) is 3. The lowest BCUT2D eigenvalue weighted by atomic mass is 10.0. The van der Waals surface area contributed by atoms with E-state index in [2.05, 4.69) is 0 Å². The van der Waals surface area contributed by atoms with E-state index in [4.69, 9.17) is 4.74 Å². The summed E-state index contributed by atoms with van der Waals surface area (Å²) in [6.07, 6.45) is 0.523. The maximum absolute atomic E-state index is 11.3. The molecule has 0 saturated carbocycles. The van der Waals surface area contributed by atoms with Crippen molar-refractivity contribution < 1.29 is 14.6 Å². The second-order valence-electron chi connectivity index (χ2n) is 3.55. The Morgan fingerprint density at radius 1 is 1.33 bits per heavy atom. The lowest BCUT2D eigenvalue weighted by molar-refractivity contribution is -0.139. The lowest BCUT2D eigenvalue weighted by Gasteiger charge is -2.09. The molecule has 0 saturated heterocycles. The van der Waals surface area contributed by atoms with E-state index in [0.29, 0.717) is 11.1 Å². The molecule has 0 bridgehead atoms. The Hall–Kier alpha value is -1.61. The second kappa shape index (κ2) is 3.87. The second-order valence-corrected chi connectivity index (χ2v) is 3.55. The van der Waals surface area contributed by atoms with E-state index < -0.39 is 12.1 Å². The summed E-state index contributed by atoms with van der Waals surface area (Å²) in [6, 6.07) is 9.06. The summed E-state index contributed by atoms with van der Waals surface area (Å²) in [5, 5.41) is 9.94. The van der Waals surface area contributed by atoms with Crippen LogP contribution in [0.5, 0.6) is 0 Å². The van der Waals surface area contributed by atoms with Gasteiger partial charge in [-0.1, -0.05) is 30.3 Å². The fourth-order valence-corrected chi connectivity index (χ4v) is 1.61. The Bertz CT molecular complexity index is 395. The van der Waals surface area contributed by atoms with E-state index >= 15 is 0 Å². The Morgan fingerprint density at radius 3 is 2.53 bits per heavy atom. The largest absolute Gasteiger partial charge is 0.455 e. The molecule has 3 nitrogen and oxygen atoms in total. The third kappa shape index (κ3) is 1.92. The molecule has 0 radical (unpaired) electrons. The molecule has 1 aliphatic heterocycles. The minimum absolute atomic E-state index is 0.245. The van der Waals surface area contributed by atoms with Gasteiger partial charge in [0.05, 0.1) is 5.57 Å². The van der Waals surface area contributed by atoms with Crippen LogP contribution in [-0.4, -0.2) is 17.2 Å². The zero-order chi connectivity index (χ0) is 10.8. The van der Waals surface area contributed by atoms with Crippen molar-refractivity contribution in [1.82, 2.24) is 0 Å². The molecule has 0 fully saturated rings. The number of ether oxygens (including phenoxy) is 1. The summed E-state index contributed by atoms with van der Waals surface area (Å²) in [5.74, 6) is -0.432. The smallest absolute Gasteiger partial charge is 0.337 e. The average molecular weight is 204 g/mol. The highest BCUT2D eigenvalue weighted by Gasteiger charge is 2.28. The van der Waals surface area contributed by atoms with Crippen molar-refractivity contribution in [3.05, 3.63) is 47.5 Å². The van der Waals surface area contributed by atoms with E-state index in [9.17, 15) is 9.90 Å². The molecule has 3 heteroatoms. The van der Waals surface area contributed by atoms with Crippen LogP contribution >= 0.6 is 0 Å². The van der Waals surface area contributed by atoms with Crippen molar-refractivity contribution in [3.8, 4) is 0 Å². The van der Waals surface area contributed by atoms with Gasteiger partial charge in [-0.25, -0.2) is 4.79 Å². The van der Waals surface area contributed by atoms with Gasteiger partial charge in [-0.2, -0.15) is 0 Å². The molecule has 2 atom stereocenters. The third-order valence-corrected chi connectivity index (χ3v) is 2.35. The zero-order valence-corrected chi connectivity index (χ0v) is 8.38. The van der Waals surface area contributed by atoms with Crippen LogP contribution in [0.1, 0.15) is 18.6 Å². The van der Waals surface area contributed by atoms with Gasteiger partial charge in [0.2, 0.25) is 0 Å². The molecule has 0 amide bonds. The maximum atomic E-state index is 11.3. The minimum atomic E-state index is -0.886. The number of aliphatic hydroxyl groups is 1. The molecule has 0 aromatic heterocycles. The summed E-state index contributed by atoms with van der Waals surface area (Å²) in [4.78, 5) is 11.3. The monoisotopic (exact) mass is 204 g/mol. The van der Waals surface area contributed by atoms with E-state index in [1.807, 2.05) is 18.2 Å². The molecule has 1 heterocycles. The predicted molar refractivity (Wildman–Crippen MR) is 55.0 cm³/mol. The molecule has 0 spiro atoms. The average Bonchev–Trinajstić information content (AvgIpc) is 2.58. The third-order valence-electron chi connectivity index (χ3n) is 2.35. The fraction of sp³-hybridized carbons (Fsp3) is 0.250. The topological polar surface area (TPSA) is 46.5 Å². The summed E-state index contributed by atoms with van der Waals surface area (Å²) < 4.78 is 4.92. The quantitative estimate of drug-likeness (QED) is 0.744. The maximum Gasteiger partial charge on any atom is 0.337 e. The normalized spacial score (nSPS) is 22.1. The Morgan fingerprint density at radius 2 is 2.00 bits per heavy atom. The lowest BCUT2D eigenvalue weighted by Crippen LogP contribution is -2.09. The molecule has 1 N–H and O–H groups in total. The van der Waals surface area contributed by atoms with Gasteiger partial charge in [0.25, 0.3) is 0 Å². The van der Waals surface area contributed by atoms with Gasteiger partial charge < -0.3 is 9.84 Å². The highest BCUT2D eigenvalue weighted by Crippen LogP contribution is 2.27. The minimum Gasteiger partial charge on any atom is -0.455 e. The van der Waals surface area contributed by atoms with Gasteiger partial charge in [0.15, 0.2) is 0 Å². The summed E-state index contributed by atoms with van der Waals surface area (Å²) in [5.41, 5.74) is 1.03. The van der Waals surface area contributed by atoms with Crippen LogP contribution in [0.4, 0.5) is 0 Å². The molecule has 1 aromatic carbocycles. The molecule has 1 aromatic rings. The van der Waals surface area contributed by atoms with Crippen molar-refractivity contribution in [2.24, 2.45) is 0 Å². The summed E-state index contributed by atoms with van der Waals surface area (Å²) in [6.45, 7) is 1.77. The first kappa shape index (κ1) is 9.93. The van der Waals surface area contributed by atoms with E-state index in [1.54, 1.807) is 25.1 Å². The Kier molecular flexibility index (Phi) is 2.56. The number of hydrogen-bond donors (Lipinski definition) is 1. The molecular weight excluding hydrogens is 192 g/mol. The number of carbonyl (C=O) groups is 1. The summed E-state index contributed by atoms with van der Waals surface area (Å²) >= 11 is 0. The molecule has 0 aliphatic carbocycles. The van der Waals surface area contributed by atoms with Crippen LogP contribution in [0.25, 0.3) is 0 Å². The van der Waals surface area contributed by atoms with Crippen LogP contribution in [0.15, 0.2) is 42.0 Å². The van der Waals surface area contributed by atoms with Crippen molar-refractivity contribution >= 4 is 5.97 Å². The van der Waals surface area contributed by atoms with Crippen LogP contribution in [0, 0.1) is 0 Å². The number of carbonyl (C=O) groups excluding carboxylic acids is 1. The van der Waals surface area contributed by atoms with Gasteiger partial charge in [-0.05, 0) is 18.6 Å². The van der Waals surface area contributed by atoms with Crippen LogP contribution in [0.2, 0.25) is 0 Å². The highest BCUT2D eigenvalue weighted by atomic mass is 16.5. The van der Waals surface area contributed by atoms with Gasteiger partial charge in [0.1, 0.15) is 12.2 Å². The first-order valence-electron chi connectivity index (χ1n) is 4.84. The van der Waals surface area contributed by atoms with Gasteiger partial charge >= 0.3 is 5.97 Å². The highest BCUT2D eigenvalue weighted by molar-refractivity contribution is 5.92. The molecule has 78 valence electrons. The van der Waals surface area contributed by atoms with E-state index in [1.165, 1.54) is 0 Å². The standard InChI is InChI=1S/C12H12O3/c1-8-7-10(12(14)15-8)11(13)9-5-3-2-4-6-9/h2-8,11,13H,1H3. The first-order chi connectivity index (χ1) is 7.18. The van der Waals surface area contributed by atoms with E-state index in [0.717, 1.165) is 0 Å². The van der Waals surface area contributed by atoms with Crippen molar-refractivity contribution in [2.75, 3.05) is 0 Å². The fourth-order valence-electron chi connectivity index (χ4n) is 1.61. The van der Waals surface area contributed by atoms with Gasteiger partial charge in [-0.3, -0.25) is 0 Å². The molecule has 1 aliphatic rings.